The predicted molar refractivity (Wildman–Crippen MR) is 153 cm³/mol. The monoisotopic (exact) mass is 574 g/mol. The van der Waals surface area contributed by atoms with Crippen LogP contribution in [-0.2, 0) is 9.53 Å². The number of hydrogen-bond donors (Lipinski definition) is 1. The van der Waals surface area contributed by atoms with Gasteiger partial charge in [0.15, 0.2) is 5.70 Å². The van der Waals surface area contributed by atoms with E-state index in [1.54, 1.807) is 48.7 Å². The molecule has 0 spiro atoms. The number of rotatable bonds is 10. The molecule has 2 heterocycles. The molecule has 1 aliphatic rings. The molecule has 1 aliphatic heterocycles. The van der Waals surface area contributed by atoms with E-state index in [1.807, 2.05) is 18.2 Å². The predicted octanol–water partition coefficient (Wildman–Crippen LogP) is 5.85. The molecule has 3 aromatic rings. The van der Waals surface area contributed by atoms with Gasteiger partial charge in [0.05, 0.1) is 5.56 Å². The summed E-state index contributed by atoms with van der Waals surface area (Å²) in [6.45, 7) is 9.96. The number of ether oxygens (including phenoxy) is 2. The van der Waals surface area contributed by atoms with Gasteiger partial charge in [-0.3, -0.25) is 9.78 Å². The minimum absolute atomic E-state index is 0.165. The molecular weight excluding hydrogens is 548 g/mol. The quantitative estimate of drug-likeness (QED) is 0.185. The molecule has 1 N–H and O–H groups in total. The average Bonchev–Trinajstić information content (AvgIpc) is 3.29. The highest BCUT2D eigenvalue weighted by molar-refractivity contribution is 9.10. The molecule has 8 nitrogen and oxygen atoms in total. The standard InChI is InChI=1S/C29H27BrN4O4/c1-4-13-37-26-16-24(34(5-2)6-3)12-9-20(26)15-25-29(36)38-28(33-25)19-7-10-23(11-8-19)32-27(35)21-14-22(30)18-31-17-21/h4,7-12,14-18H,1,5-6,13H2,2-3H3,(H,32,35)/b25-15+. The fraction of sp³-hybridized carbons (Fsp3) is 0.172. The molecule has 0 saturated carbocycles. The highest BCUT2D eigenvalue weighted by Crippen LogP contribution is 2.30. The fourth-order valence-electron chi connectivity index (χ4n) is 3.82. The van der Waals surface area contributed by atoms with Crippen LogP contribution in [0.15, 0.2) is 88.7 Å². The van der Waals surface area contributed by atoms with E-state index in [0.717, 1.165) is 18.8 Å². The van der Waals surface area contributed by atoms with Crippen LogP contribution in [0.4, 0.5) is 11.4 Å². The van der Waals surface area contributed by atoms with Crippen LogP contribution in [0.25, 0.3) is 6.08 Å². The molecular formula is C29H27BrN4O4. The summed E-state index contributed by atoms with van der Waals surface area (Å²) < 4.78 is 12.0. The molecule has 4 rings (SSSR count). The zero-order valence-electron chi connectivity index (χ0n) is 21.1. The number of benzene rings is 2. The molecule has 0 saturated heterocycles. The van der Waals surface area contributed by atoms with Crippen molar-refractivity contribution in [2.45, 2.75) is 13.8 Å². The number of aliphatic imine (C=N–C) groups is 1. The first-order valence-electron chi connectivity index (χ1n) is 12.1. The van der Waals surface area contributed by atoms with Gasteiger partial charge in [-0.05, 0) is 78.3 Å². The Labute approximate surface area is 229 Å². The zero-order chi connectivity index (χ0) is 27.1. The van der Waals surface area contributed by atoms with E-state index in [0.29, 0.717) is 39.2 Å². The van der Waals surface area contributed by atoms with Crippen LogP contribution < -0.4 is 15.0 Å². The van der Waals surface area contributed by atoms with Crippen LogP contribution in [0, 0.1) is 0 Å². The summed E-state index contributed by atoms with van der Waals surface area (Å²) in [5.74, 6) is -0.0347. The number of pyridine rings is 1. The van der Waals surface area contributed by atoms with Gasteiger partial charge in [-0.15, -0.1) is 0 Å². The zero-order valence-corrected chi connectivity index (χ0v) is 22.7. The number of hydrogen-bond acceptors (Lipinski definition) is 7. The summed E-state index contributed by atoms with van der Waals surface area (Å²) in [5.41, 5.74) is 3.51. The summed E-state index contributed by atoms with van der Waals surface area (Å²) in [4.78, 5) is 35.7. The summed E-state index contributed by atoms with van der Waals surface area (Å²) in [6.07, 6.45) is 6.41. The van der Waals surface area contributed by atoms with Gasteiger partial charge in [0.25, 0.3) is 5.91 Å². The molecule has 1 amide bonds. The van der Waals surface area contributed by atoms with Crippen molar-refractivity contribution >= 4 is 51.2 Å². The van der Waals surface area contributed by atoms with Gasteiger partial charge in [0.1, 0.15) is 12.4 Å². The van der Waals surface area contributed by atoms with Crippen molar-refractivity contribution in [3.63, 3.8) is 0 Å². The number of cyclic esters (lactones) is 1. The van der Waals surface area contributed by atoms with Gasteiger partial charge in [-0.25, -0.2) is 9.79 Å². The molecule has 0 unspecified atom stereocenters. The van der Waals surface area contributed by atoms with Gasteiger partial charge in [0, 0.05) is 58.5 Å². The number of carbonyl (C=O) groups is 2. The topological polar surface area (TPSA) is 93.1 Å². The fourth-order valence-corrected chi connectivity index (χ4v) is 4.18. The number of nitrogens with zero attached hydrogens (tertiary/aromatic N) is 3. The van der Waals surface area contributed by atoms with Crippen molar-refractivity contribution in [3.8, 4) is 5.75 Å². The summed E-state index contributed by atoms with van der Waals surface area (Å²) >= 11 is 3.31. The van der Waals surface area contributed by atoms with Crippen LogP contribution in [0.1, 0.15) is 35.3 Å². The molecule has 0 radical (unpaired) electrons. The van der Waals surface area contributed by atoms with Gasteiger partial charge in [0.2, 0.25) is 5.90 Å². The largest absolute Gasteiger partial charge is 0.489 e. The number of aromatic nitrogens is 1. The number of amides is 1. The van der Waals surface area contributed by atoms with Crippen molar-refractivity contribution in [3.05, 3.63) is 100 Å². The average molecular weight is 575 g/mol. The lowest BCUT2D eigenvalue weighted by atomic mass is 10.1. The smallest absolute Gasteiger partial charge is 0.363 e. The Kier molecular flexibility index (Phi) is 8.70. The second-order valence-electron chi connectivity index (χ2n) is 8.25. The van der Waals surface area contributed by atoms with Crippen molar-refractivity contribution in [1.82, 2.24) is 4.98 Å². The third-order valence-electron chi connectivity index (χ3n) is 5.75. The lowest BCUT2D eigenvalue weighted by molar-refractivity contribution is -0.129. The molecule has 1 aromatic heterocycles. The van der Waals surface area contributed by atoms with E-state index < -0.39 is 5.97 Å². The highest BCUT2D eigenvalue weighted by Gasteiger charge is 2.25. The highest BCUT2D eigenvalue weighted by atomic mass is 79.9. The van der Waals surface area contributed by atoms with Crippen molar-refractivity contribution < 1.29 is 19.1 Å². The van der Waals surface area contributed by atoms with E-state index in [4.69, 9.17) is 9.47 Å². The van der Waals surface area contributed by atoms with E-state index in [9.17, 15) is 9.59 Å². The number of nitrogens with one attached hydrogen (secondary N) is 1. The van der Waals surface area contributed by atoms with Crippen LogP contribution in [0.5, 0.6) is 5.75 Å². The Morgan fingerprint density at radius 3 is 2.58 bits per heavy atom. The van der Waals surface area contributed by atoms with Crippen molar-refractivity contribution in [2.75, 3.05) is 29.9 Å². The van der Waals surface area contributed by atoms with Crippen LogP contribution in [-0.4, -0.2) is 42.5 Å². The Morgan fingerprint density at radius 2 is 1.89 bits per heavy atom. The summed E-state index contributed by atoms with van der Waals surface area (Å²) in [7, 11) is 0. The lowest BCUT2D eigenvalue weighted by Crippen LogP contribution is -2.21. The van der Waals surface area contributed by atoms with Gasteiger partial charge in [-0.2, -0.15) is 0 Å². The van der Waals surface area contributed by atoms with Gasteiger partial charge in [-0.1, -0.05) is 12.7 Å². The maximum atomic E-state index is 12.6. The van der Waals surface area contributed by atoms with Crippen LogP contribution in [0.2, 0.25) is 0 Å². The molecule has 0 fully saturated rings. The molecule has 2 aromatic carbocycles. The Morgan fingerprint density at radius 1 is 1.13 bits per heavy atom. The van der Waals surface area contributed by atoms with E-state index in [-0.39, 0.29) is 17.5 Å². The number of carbonyl (C=O) groups excluding carboxylic acids is 2. The minimum atomic E-state index is -0.554. The first kappa shape index (κ1) is 26.8. The molecule has 0 aliphatic carbocycles. The second kappa shape index (κ2) is 12.3. The second-order valence-corrected chi connectivity index (χ2v) is 9.17. The van der Waals surface area contributed by atoms with Gasteiger partial charge < -0.3 is 19.7 Å². The maximum absolute atomic E-state index is 12.6. The molecule has 0 atom stereocenters. The number of halogens is 1. The lowest BCUT2D eigenvalue weighted by Gasteiger charge is -2.22. The van der Waals surface area contributed by atoms with Gasteiger partial charge >= 0.3 is 5.97 Å². The minimum Gasteiger partial charge on any atom is -0.489 e. The first-order chi connectivity index (χ1) is 18.4. The molecule has 194 valence electrons. The van der Waals surface area contributed by atoms with Crippen molar-refractivity contribution in [2.24, 2.45) is 4.99 Å². The molecule has 38 heavy (non-hydrogen) atoms. The number of anilines is 2. The van der Waals surface area contributed by atoms with Crippen LogP contribution >= 0.6 is 15.9 Å². The normalized spacial score (nSPS) is 13.6. The Hall–Kier alpha value is -4.24. The SMILES string of the molecule is C=CCOc1cc(N(CC)CC)ccc1/C=C1/N=C(c2ccc(NC(=O)c3cncc(Br)c3)cc2)OC1=O. The Bertz CT molecular complexity index is 1410. The van der Waals surface area contributed by atoms with Crippen molar-refractivity contribution in [1.29, 1.82) is 0 Å². The first-order valence-corrected chi connectivity index (χ1v) is 12.9. The third-order valence-corrected chi connectivity index (χ3v) is 6.19. The third kappa shape index (κ3) is 6.36. The molecule has 9 heteroatoms. The molecule has 0 bridgehead atoms. The Balaban J connectivity index is 1.54. The number of esters is 1. The van der Waals surface area contributed by atoms with E-state index >= 15 is 0 Å². The summed E-state index contributed by atoms with van der Waals surface area (Å²) in [5, 5.41) is 2.81. The van der Waals surface area contributed by atoms with E-state index in [2.05, 4.69) is 56.5 Å². The summed E-state index contributed by atoms with van der Waals surface area (Å²) in [6, 6.07) is 14.4. The van der Waals surface area contributed by atoms with E-state index in [1.165, 1.54) is 6.20 Å². The maximum Gasteiger partial charge on any atom is 0.363 e. The van der Waals surface area contributed by atoms with Crippen LogP contribution in [0.3, 0.4) is 0 Å².